The molecule has 0 spiro atoms. The topological polar surface area (TPSA) is 67.6 Å². The summed E-state index contributed by atoms with van der Waals surface area (Å²) in [6, 6.07) is 5.06. The number of hydrogen-bond donors (Lipinski definition) is 1. The van der Waals surface area contributed by atoms with Crippen LogP contribution in [-0.2, 0) is 0 Å². The summed E-state index contributed by atoms with van der Waals surface area (Å²) in [6.45, 7) is 3.40. The Morgan fingerprint density at radius 1 is 1.27 bits per heavy atom. The van der Waals surface area contributed by atoms with Gasteiger partial charge in [0.25, 0.3) is 5.69 Å². The zero-order valence-corrected chi connectivity index (χ0v) is 15.3. The summed E-state index contributed by atoms with van der Waals surface area (Å²) in [6.07, 6.45) is 9.69. The van der Waals surface area contributed by atoms with Gasteiger partial charge in [-0.05, 0) is 49.5 Å². The number of methoxy groups -OCH3 is 1. The largest absolute Gasteiger partial charge is 0.495 e. The lowest BCUT2D eigenvalue weighted by atomic mass is 9.92. The fraction of sp³-hybridized carbons (Fsp3) is 0.600. The molecular formula is C20H27N3O3. The second kappa shape index (κ2) is 7.27. The number of fused-ring (bicyclic) bond motifs is 2. The fourth-order valence-corrected chi connectivity index (χ4v) is 4.84. The van der Waals surface area contributed by atoms with Crippen LogP contribution in [0.5, 0.6) is 5.75 Å². The van der Waals surface area contributed by atoms with Crippen LogP contribution in [0.1, 0.15) is 25.7 Å². The van der Waals surface area contributed by atoms with Crippen LogP contribution in [0, 0.1) is 27.9 Å². The molecule has 1 saturated heterocycles. The van der Waals surface area contributed by atoms with Crippen molar-refractivity contribution in [2.24, 2.45) is 17.8 Å². The Hall–Kier alpha value is -2.08. The van der Waals surface area contributed by atoms with Gasteiger partial charge in [-0.1, -0.05) is 12.2 Å². The number of hydrogen-bond acceptors (Lipinski definition) is 5. The molecule has 1 heterocycles. The van der Waals surface area contributed by atoms with E-state index in [0.717, 1.165) is 49.4 Å². The molecule has 2 bridgehead atoms. The van der Waals surface area contributed by atoms with Gasteiger partial charge in [-0.2, -0.15) is 0 Å². The standard InChI is InChI=1S/C20H27N3O3/c1-26-20-5-4-18(23(24)25)12-19(20)21-17-6-8-22(9-7-17)13-16-11-14-2-3-15(16)10-14/h2-5,12,14-17,21H,6-11,13H2,1H3/t14-,15-,16+/m0/s1. The molecule has 1 aromatic rings. The van der Waals surface area contributed by atoms with Crippen LogP contribution in [0.3, 0.4) is 0 Å². The monoisotopic (exact) mass is 357 g/mol. The summed E-state index contributed by atoms with van der Waals surface area (Å²) in [7, 11) is 1.60. The number of nitrogens with one attached hydrogen (secondary N) is 1. The number of likely N-dealkylation sites (tertiary alicyclic amines) is 1. The van der Waals surface area contributed by atoms with Crippen molar-refractivity contribution in [2.75, 3.05) is 32.1 Å². The van der Waals surface area contributed by atoms with E-state index in [9.17, 15) is 10.1 Å². The average molecular weight is 357 g/mol. The lowest BCUT2D eigenvalue weighted by molar-refractivity contribution is -0.384. The van der Waals surface area contributed by atoms with Crippen LogP contribution in [-0.4, -0.2) is 42.6 Å². The quantitative estimate of drug-likeness (QED) is 0.478. The number of allylic oxidation sites excluding steroid dienone is 2. The minimum Gasteiger partial charge on any atom is -0.495 e. The summed E-state index contributed by atoms with van der Waals surface area (Å²) in [5, 5.41) is 14.5. The molecule has 1 N–H and O–H groups in total. The van der Waals surface area contributed by atoms with Crippen LogP contribution in [0.4, 0.5) is 11.4 Å². The molecule has 6 nitrogen and oxygen atoms in total. The molecule has 0 amide bonds. The summed E-state index contributed by atoms with van der Waals surface area (Å²) in [4.78, 5) is 13.3. The highest BCUT2D eigenvalue weighted by molar-refractivity contribution is 5.62. The predicted octanol–water partition coefficient (Wildman–Crippen LogP) is 3.69. The van der Waals surface area contributed by atoms with E-state index in [1.165, 1.54) is 25.5 Å². The van der Waals surface area contributed by atoms with Gasteiger partial charge in [0.2, 0.25) is 0 Å². The molecule has 6 heteroatoms. The summed E-state index contributed by atoms with van der Waals surface area (Å²) >= 11 is 0. The van der Waals surface area contributed by atoms with E-state index in [0.29, 0.717) is 11.8 Å². The lowest BCUT2D eigenvalue weighted by Gasteiger charge is -2.35. The normalized spacial score (nSPS) is 28.4. The van der Waals surface area contributed by atoms with E-state index < -0.39 is 0 Å². The molecular weight excluding hydrogens is 330 g/mol. The first-order valence-corrected chi connectivity index (χ1v) is 9.62. The van der Waals surface area contributed by atoms with Gasteiger partial charge >= 0.3 is 0 Å². The second-order valence-corrected chi connectivity index (χ2v) is 7.90. The van der Waals surface area contributed by atoms with E-state index in [1.54, 1.807) is 19.2 Å². The minimum absolute atomic E-state index is 0.0927. The molecule has 2 aliphatic carbocycles. The van der Waals surface area contributed by atoms with Crippen molar-refractivity contribution in [3.05, 3.63) is 40.5 Å². The van der Waals surface area contributed by atoms with E-state index in [-0.39, 0.29) is 10.6 Å². The van der Waals surface area contributed by atoms with E-state index >= 15 is 0 Å². The zero-order chi connectivity index (χ0) is 18.1. The van der Waals surface area contributed by atoms with Crippen LogP contribution < -0.4 is 10.1 Å². The molecule has 1 aliphatic heterocycles. The van der Waals surface area contributed by atoms with Gasteiger partial charge in [-0.15, -0.1) is 0 Å². The van der Waals surface area contributed by atoms with Gasteiger partial charge in [-0.3, -0.25) is 10.1 Å². The number of rotatable bonds is 6. The van der Waals surface area contributed by atoms with Gasteiger partial charge < -0.3 is 15.0 Å². The Bertz CT molecular complexity index is 698. The SMILES string of the molecule is COc1ccc([N+](=O)[O-])cc1NC1CCN(C[C@H]2C[C@H]3C=C[C@H]2C3)CC1. The number of ether oxygens (including phenoxy) is 1. The maximum atomic E-state index is 11.0. The van der Waals surface area contributed by atoms with Crippen LogP contribution in [0.25, 0.3) is 0 Å². The summed E-state index contributed by atoms with van der Waals surface area (Å²) in [5.41, 5.74) is 0.813. The van der Waals surface area contributed by atoms with Crippen LogP contribution >= 0.6 is 0 Å². The van der Waals surface area contributed by atoms with Crippen molar-refractivity contribution in [2.45, 2.75) is 31.7 Å². The van der Waals surface area contributed by atoms with Crippen LogP contribution in [0.2, 0.25) is 0 Å². The molecule has 2 fully saturated rings. The van der Waals surface area contributed by atoms with E-state index in [4.69, 9.17) is 4.74 Å². The predicted molar refractivity (Wildman–Crippen MR) is 102 cm³/mol. The number of anilines is 1. The van der Waals surface area contributed by atoms with Crippen molar-refractivity contribution in [1.29, 1.82) is 0 Å². The Morgan fingerprint density at radius 2 is 2.08 bits per heavy atom. The molecule has 0 unspecified atom stereocenters. The maximum Gasteiger partial charge on any atom is 0.271 e. The Balaban J connectivity index is 1.32. The third-order valence-electron chi connectivity index (χ3n) is 6.25. The highest BCUT2D eigenvalue weighted by Crippen LogP contribution is 2.43. The zero-order valence-electron chi connectivity index (χ0n) is 15.3. The van der Waals surface area contributed by atoms with Gasteiger partial charge in [0.15, 0.2) is 0 Å². The minimum atomic E-state index is -0.364. The lowest BCUT2D eigenvalue weighted by Crippen LogP contribution is -2.41. The number of nitro groups is 1. The number of non-ortho nitro benzene ring substituents is 1. The van der Waals surface area contributed by atoms with Crippen LogP contribution in [0.15, 0.2) is 30.4 Å². The van der Waals surface area contributed by atoms with Gasteiger partial charge in [0, 0.05) is 37.8 Å². The molecule has 4 rings (SSSR count). The van der Waals surface area contributed by atoms with Gasteiger partial charge in [0.1, 0.15) is 5.75 Å². The van der Waals surface area contributed by atoms with Crippen molar-refractivity contribution in [3.8, 4) is 5.75 Å². The first kappa shape index (κ1) is 17.3. The molecule has 0 radical (unpaired) electrons. The van der Waals surface area contributed by atoms with Crippen molar-refractivity contribution in [3.63, 3.8) is 0 Å². The second-order valence-electron chi connectivity index (χ2n) is 7.90. The van der Waals surface area contributed by atoms with Crippen molar-refractivity contribution in [1.82, 2.24) is 4.90 Å². The Labute approximate surface area is 154 Å². The Kier molecular flexibility index (Phi) is 4.85. The summed E-state index contributed by atoms with van der Waals surface area (Å²) < 4.78 is 5.36. The number of piperidine rings is 1. The number of nitrogens with zero attached hydrogens (tertiary/aromatic N) is 2. The van der Waals surface area contributed by atoms with E-state index in [1.807, 2.05) is 0 Å². The third kappa shape index (κ3) is 3.56. The van der Waals surface area contributed by atoms with Gasteiger partial charge in [-0.25, -0.2) is 0 Å². The molecule has 0 aromatic heterocycles. The molecule has 1 saturated carbocycles. The van der Waals surface area contributed by atoms with Gasteiger partial charge in [0.05, 0.1) is 17.7 Å². The molecule has 140 valence electrons. The smallest absolute Gasteiger partial charge is 0.271 e. The third-order valence-corrected chi connectivity index (χ3v) is 6.25. The maximum absolute atomic E-state index is 11.0. The number of nitro benzene ring substituents is 1. The first-order chi connectivity index (χ1) is 12.6. The summed E-state index contributed by atoms with van der Waals surface area (Å²) in [5.74, 6) is 3.15. The fourth-order valence-electron chi connectivity index (χ4n) is 4.84. The van der Waals surface area contributed by atoms with Crippen molar-refractivity contribution < 1.29 is 9.66 Å². The average Bonchev–Trinajstić information content (AvgIpc) is 3.26. The Morgan fingerprint density at radius 3 is 2.69 bits per heavy atom. The molecule has 26 heavy (non-hydrogen) atoms. The first-order valence-electron chi connectivity index (χ1n) is 9.62. The highest BCUT2D eigenvalue weighted by Gasteiger charge is 2.36. The van der Waals surface area contributed by atoms with Crippen molar-refractivity contribution >= 4 is 11.4 Å². The molecule has 1 aromatic carbocycles. The molecule has 3 atom stereocenters. The number of benzene rings is 1. The molecule has 3 aliphatic rings. The highest BCUT2D eigenvalue weighted by atomic mass is 16.6. The van der Waals surface area contributed by atoms with E-state index in [2.05, 4.69) is 22.4 Å².